The van der Waals surface area contributed by atoms with Gasteiger partial charge in [-0.2, -0.15) is 0 Å². The van der Waals surface area contributed by atoms with Crippen molar-refractivity contribution < 1.29 is 14.7 Å². The molecule has 5 nitrogen and oxygen atoms in total. The minimum atomic E-state index is -0.700. The Hall–Kier alpha value is -1.56. The molecule has 0 atom stereocenters. The van der Waals surface area contributed by atoms with Crippen molar-refractivity contribution in [3.8, 4) is 0 Å². The normalized spacial score (nSPS) is 21.6. The van der Waals surface area contributed by atoms with Crippen molar-refractivity contribution in [2.75, 3.05) is 11.9 Å². The first-order chi connectivity index (χ1) is 10.0. The molecule has 0 unspecified atom stereocenters. The van der Waals surface area contributed by atoms with Crippen LogP contribution in [0.2, 0.25) is 0 Å². The van der Waals surface area contributed by atoms with Gasteiger partial charge >= 0.3 is 12.0 Å². The second-order valence-corrected chi connectivity index (χ2v) is 6.31. The molecule has 21 heavy (non-hydrogen) atoms. The van der Waals surface area contributed by atoms with Gasteiger partial charge in [-0.3, -0.25) is 4.79 Å². The number of aliphatic carboxylic acids is 1. The fraction of sp³-hybridized carbons (Fsp3) is 0.467. The third-order valence-corrected chi connectivity index (χ3v) is 4.38. The van der Waals surface area contributed by atoms with Crippen molar-refractivity contribution in [3.05, 3.63) is 28.7 Å². The van der Waals surface area contributed by atoms with Crippen LogP contribution in [0.3, 0.4) is 0 Å². The maximum absolute atomic E-state index is 11.8. The van der Waals surface area contributed by atoms with E-state index in [4.69, 9.17) is 5.11 Å². The van der Waals surface area contributed by atoms with Crippen LogP contribution >= 0.6 is 15.9 Å². The largest absolute Gasteiger partial charge is 0.481 e. The Morgan fingerprint density at radius 3 is 2.33 bits per heavy atom. The molecule has 1 aliphatic carbocycles. The Morgan fingerprint density at radius 2 is 1.76 bits per heavy atom. The molecule has 114 valence electrons. The predicted molar refractivity (Wildman–Crippen MR) is 84.2 cm³/mol. The summed E-state index contributed by atoms with van der Waals surface area (Å²) in [6, 6.07) is 7.15. The topological polar surface area (TPSA) is 78.4 Å². The van der Waals surface area contributed by atoms with E-state index < -0.39 is 5.97 Å². The van der Waals surface area contributed by atoms with Gasteiger partial charge in [0.25, 0.3) is 0 Å². The summed E-state index contributed by atoms with van der Waals surface area (Å²) in [6.45, 7) is 0.592. The molecule has 0 radical (unpaired) electrons. The van der Waals surface area contributed by atoms with Gasteiger partial charge in [-0.1, -0.05) is 15.9 Å². The summed E-state index contributed by atoms with van der Waals surface area (Å²) in [7, 11) is 0. The second-order valence-electron chi connectivity index (χ2n) is 5.40. The van der Waals surface area contributed by atoms with Crippen molar-refractivity contribution in [1.29, 1.82) is 0 Å². The summed E-state index contributed by atoms with van der Waals surface area (Å²) in [5, 5.41) is 14.6. The molecule has 0 spiro atoms. The number of carbonyl (C=O) groups excluding carboxylic acids is 1. The smallest absolute Gasteiger partial charge is 0.319 e. The molecular weight excluding hydrogens is 336 g/mol. The monoisotopic (exact) mass is 354 g/mol. The summed E-state index contributed by atoms with van der Waals surface area (Å²) >= 11 is 3.34. The summed E-state index contributed by atoms with van der Waals surface area (Å²) in [4.78, 5) is 22.7. The first kappa shape index (κ1) is 15.8. The highest BCUT2D eigenvalue weighted by Crippen LogP contribution is 2.28. The van der Waals surface area contributed by atoms with Gasteiger partial charge in [0, 0.05) is 16.7 Å². The van der Waals surface area contributed by atoms with Crippen molar-refractivity contribution in [2.24, 2.45) is 11.8 Å². The molecule has 0 aliphatic heterocycles. The lowest BCUT2D eigenvalue weighted by Crippen LogP contribution is -2.35. The lowest BCUT2D eigenvalue weighted by Gasteiger charge is -2.26. The second kappa shape index (κ2) is 7.45. The maximum atomic E-state index is 11.8. The Labute approximate surface area is 132 Å². The number of carboxylic acid groups (broad SMARTS) is 1. The third kappa shape index (κ3) is 5.04. The Morgan fingerprint density at radius 1 is 1.14 bits per heavy atom. The first-order valence-corrected chi connectivity index (χ1v) is 7.87. The van der Waals surface area contributed by atoms with Gasteiger partial charge in [0.1, 0.15) is 0 Å². The zero-order valence-electron chi connectivity index (χ0n) is 11.6. The van der Waals surface area contributed by atoms with Crippen molar-refractivity contribution in [1.82, 2.24) is 5.32 Å². The van der Waals surface area contributed by atoms with E-state index in [1.165, 1.54) is 0 Å². The average molecular weight is 355 g/mol. The van der Waals surface area contributed by atoms with E-state index in [1.807, 2.05) is 24.3 Å². The molecule has 1 saturated carbocycles. The van der Waals surface area contributed by atoms with Gasteiger partial charge in [0.2, 0.25) is 0 Å². The number of nitrogens with one attached hydrogen (secondary N) is 2. The highest BCUT2D eigenvalue weighted by molar-refractivity contribution is 9.10. The van der Waals surface area contributed by atoms with Crippen LogP contribution in [-0.2, 0) is 4.79 Å². The SMILES string of the molecule is O=C(NCC1CCC(C(=O)O)CC1)Nc1ccc(Br)cc1. The molecule has 6 heteroatoms. The van der Waals surface area contributed by atoms with Crippen molar-refractivity contribution >= 4 is 33.6 Å². The summed E-state index contributed by atoms with van der Waals surface area (Å²) in [5.41, 5.74) is 0.741. The first-order valence-electron chi connectivity index (χ1n) is 7.08. The average Bonchev–Trinajstić information content (AvgIpc) is 2.48. The van der Waals surface area contributed by atoms with E-state index >= 15 is 0 Å². The number of anilines is 1. The van der Waals surface area contributed by atoms with Crippen LogP contribution in [0.1, 0.15) is 25.7 Å². The quantitative estimate of drug-likeness (QED) is 0.774. The van der Waals surface area contributed by atoms with E-state index in [1.54, 1.807) is 0 Å². The molecule has 2 amide bonds. The molecule has 0 saturated heterocycles. The predicted octanol–water partition coefficient (Wildman–Crippen LogP) is 3.46. The number of benzene rings is 1. The third-order valence-electron chi connectivity index (χ3n) is 3.85. The van der Waals surface area contributed by atoms with Crippen LogP contribution in [-0.4, -0.2) is 23.7 Å². The number of urea groups is 1. The zero-order chi connectivity index (χ0) is 15.2. The molecule has 1 fully saturated rings. The molecular formula is C15H19BrN2O3. The van der Waals surface area contributed by atoms with Gasteiger partial charge in [-0.05, 0) is 55.9 Å². The van der Waals surface area contributed by atoms with E-state index in [2.05, 4.69) is 26.6 Å². The molecule has 0 heterocycles. The molecule has 2 rings (SSSR count). The molecule has 1 aromatic rings. The Kier molecular flexibility index (Phi) is 5.61. The van der Waals surface area contributed by atoms with Gasteiger partial charge in [-0.25, -0.2) is 4.79 Å². The Bertz CT molecular complexity index is 496. The van der Waals surface area contributed by atoms with Crippen LogP contribution < -0.4 is 10.6 Å². The van der Waals surface area contributed by atoms with Gasteiger partial charge in [0.15, 0.2) is 0 Å². The number of hydrogen-bond donors (Lipinski definition) is 3. The number of carboxylic acids is 1. The molecule has 0 bridgehead atoms. The van der Waals surface area contributed by atoms with Crippen LogP contribution in [0.15, 0.2) is 28.7 Å². The van der Waals surface area contributed by atoms with Crippen LogP contribution in [0.25, 0.3) is 0 Å². The molecule has 1 aromatic carbocycles. The number of amides is 2. The van der Waals surface area contributed by atoms with Gasteiger partial charge in [-0.15, -0.1) is 0 Å². The summed E-state index contributed by atoms with van der Waals surface area (Å²) in [6.07, 6.45) is 3.12. The maximum Gasteiger partial charge on any atom is 0.319 e. The minimum absolute atomic E-state index is 0.210. The van der Waals surface area contributed by atoms with E-state index in [-0.39, 0.29) is 11.9 Å². The van der Waals surface area contributed by atoms with E-state index in [9.17, 15) is 9.59 Å². The number of hydrogen-bond acceptors (Lipinski definition) is 2. The zero-order valence-corrected chi connectivity index (χ0v) is 13.2. The highest BCUT2D eigenvalue weighted by Gasteiger charge is 2.25. The van der Waals surface area contributed by atoms with Crippen LogP contribution in [0.4, 0.5) is 10.5 Å². The van der Waals surface area contributed by atoms with Crippen LogP contribution in [0, 0.1) is 11.8 Å². The number of carbonyl (C=O) groups is 2. The number of halogens is 1. The van der Waals surface area contributed by atoms with E-state index in [0.29, 0.717) is 25.3 Å². The van der Waals surface area contributed by atoms with Crippen LogP contribution in [0.5, 0.6) is 0 Å². The van der Waals surface area contributed by atoms with Gasteiger partial charge in [0.05, 0.1) is 5.92 Å². The van der Waals surface area contributed by atoms with E-state index in [0.717, 1.165) is 23.0 Å². The fourth-order valence-electron chi connectivity index (χ4n) is 2.56. The minimum Gasteiger partial charge on any atom is -0.481 e. The van der Waals surface area contributed by atoms with Crippen molar-refractivity contribution in [3.63, 3.8) is 0 Å². The summed E-state index contributed by atoms with van der Waals surface area (Å²) in [5.74, 6) is -0.538. The number of rotatable bonds is 4. The standard InChI is InChI=1S/C15H19BrN2O3/c16-12-5-7-13(8-6-12)18-15(21)17-9-10-1-3-11(4-2-10)14(19)20/h5-8,10-11H,1-4,9H2,(H,19,20)(H2,17,18,21). The molecule has 1 aliphatic rings. The van der Waals surface area contributed by atoms with Crippen molar-refractivity contribution in [2.45, 2.75) is 25.7 Å². The molecule has 3 N–H and O–H groups in total. The molecule has 0 aromatic heterocycles. The fourth-order valence-corrected chi connectivity index (χ4v) is 2.82. The lowest BCUT2D eigenvalue weighted by molar-refractivity contribution is -0.143. The highest BCUT2D eigenvalue weighted by atomic mass is 79.9. The Balaban J connectivity index is 1.70. The summed E-state index contributed by atoms with van der Waals surface area (Å²) < 4.78 is 0.962. The lowest BCUT2D eigenvalue weighted by atomic mass is 9.82. The van der Waals surface area contributed by atoms with Gasteiger partial charge < -0.3 is 15.7 Å².